The van der Waals surface area contributed by atoms with Gasteiger partial charge < -0.3 is 14.5 Å². The Morgan fingerprint density at radius 2 is 1.50 bits per heavy atom. The van der Waals surface area contributed by atoms with Gasteiger partial charge in [0.2, 0.25) is 0 Å². The highest BCUT2D eigenvalue weighted by Gasteiger charge is 2.26. The molecule has 0 unspecified atom stereocenters. The number of anilines is 1. The maximum absolute atomic E-state index is 15.1. The van der Waals surface area contributed by atoms with Crippen LogP contribution >= 0.6 is 0 Å². The van der Waals surface area contributed by atoms with E-state index in [0.717, 1.165) is 11.1 Å². The molecule has 0 spiro atoms. The van der Waals surface area contributed by atoms with E-state index >= 15 is 4.39 Å². The lowest BCUT2D eigenvalue weighted by Crippen LogP contribution is -2.50. The third-order valence-electron chi connectivity index (χ3n) is 5.42. The van der Waals surface area contributed by atoms with E-state index in [4.69, 9.17) is 4.74 Å². The summed E-state index contributed by atoms with van der Waals surface area (Å²) in [5.41, 5.74) is 2.57. The highest BCUT2D eigenvalue weighted by molar-refractivity contribution is 6.13. The summed E-state index contributed by atoms with van der Waals surface area (Å²) >= 11 is 0. The van der Waals surface area contributed by atoms with E-state index in [1.807, 2.05) is 86.3 Å². The lowest BCUT2D eigenvalue weighted by Gasteiger charge is -2.36. The zero-order chi connectivity index (χ0) is 24.1. The van der Waals surface area contributed by atoms with Gasteiger partial charge >= 0.3 is 6.09 Å². The van der Waals surface area contributed by atoms with E-state index in [2.05, 4.69) is 9.98 Å². The summed E-state index contributed by atoms with van der Waals surface area (Å²) in [6.45, 7) is 7.69. The zero-order valence-electron chi connectivity index (χ0n) is 19.7. The number of piperazine rings is 1. The Bertz CT molecular complexity index is 1110. The number of halogens is 1. The van der Waals surface area contributed by atoms with Gasteiger partial charge in [0.05, 0.1) is 17.6 Å². The van der Waals surface area contributed by atoms with Crippen molar-refractivity contribution < 1.29 is 13.9 Å². The molecule has 176 valence electrons. The average Bonchev–Trinajstić information content (AvgIpc) is 2.83. The van der Waals surface area contributed by atoms with E-state index in [-0.39, 0.29) is 11.9 Å². The molecule has 0 N–H and O–H groups in total. The van der Waals surface area contributed by atoms with E-state index in [0.29, 0.717) is 37.6 Å². The minimum absolute atomic E-state index is 0.0406. The molecule has 1 aromatic heterocycles. The summed E-state index contributed by atoms with van der Waals surface area (Å²) in [6, 6.07) is 20.8. The van der Waals surface area contributed by atoms with Crippen molar-refractivity contribution in [3.05, 3.63) is 89.9 Å². The lowest BCUT2D eigenvalue weighted by molar-refractivity contribution is 0.0240. The van der Waals surface area contributed by atoms with Crippen molar-refractivity contribution in [3.8, 4) is 0 Å². The van der Waals surface area contributed by atoms with Crippen LogP contribution in [0.15, 0.2) is 77.9 Å². The van der Waals surface area contributed by atoms with Crippen LogP contribution in [0.1, 0.15) is 31.9 Å². The molecule has 1 amide bonds. The van der Waals surface area contributed by atoms with Gasteiger partial charge in [-0.1, -0.05) is 60.7 Å². The third-order valence-corrected chi connectivity index (χ3v) is 5.42. The average molecular weight is 461 g/mol. The normalized spacial score (nSPS) is 14.0. The van der Waals surface area contributed by atoms with E-state index in [1.165, 1.54) is 6.07 Å². The van der Waals surface area contributed by atoms with Gasteiger partial charge in [-0.3, -0.25) is 0 Å². The quantitative estimate of drug-likeness (QED) is 0.486. The Kier molecular flexibility index (Phi) is 6.91. The zero-order valence-corrected chi connectivity index (χ0v) is 19.7. The molecule has 4 rings (SSSR count). The summed E-state index contributed by atoms with van der Waals surface area (Å²) in [7, 11) is 0. The fraction of sp³-hybridized carbons (Fsp3) is 0.296. The monoisotopic (exact) mass is 460 g/mol. The first kappa shape index (κ1) is 23.4. The van der Waals surface area contributed by atoms with E-state index in [9.17, 15) is 4.79 Å². The van der Waals surface area contributed by atoms with Crippen molar-refractivity contribution in [1.29, 1.82) is 0 Å². The summed E-state index contributed by atoms with van der Waals surface area (Å²) in [5, 5.41) is 0. The molecule has 3 aromatic rings. The number of amides is 1. The van der Waals surface area contributed by atoms with E-state index < -0.39 is 11.4 Å². The van der Waals surface area contributed by atoms with Gasteiger partial charge in [-0.05, 0) is 20.8 Å². The second-order valence-electron chi connectivity index (χ2n) is 9.15. The lowest BCUT2D eigenvalue weighted by atomic mass is 10.0. The van der Waals surface area contributed by atoms with E-state index in [1.54, 1.807) is 11.1 Å². The molecule has 0 aliphatic carbocycles. The number of carbonyl (C=O) groups is 1. The topological polar surface area (TPSA) is 58.0 Å². The van der Waals surface area contributed by atoms with Crippen LogP contribution in [0.5, 0.6) is 0 Å². The molecule has 2 aromatic carbocycles. The molecule has 0 radical (unpaired) electrons. The molecule has 1 fully saturated rings. The van der Waals surface area contributed by atoms with Crippen LogP contribution in [0.4, 0.5) is 20.7 Å². The maximum atomic E-state index is 15.1. The van der Waals surface area contributed by atoms with Gasteiger partial charge in [-0.15, -0.1) is 0 Å². The standard InChI is InChI=1S/C27H29FN4O2/c1-27(2,3)34-26(33)32-16-14-31(15-17-32)22-18-23(28)25(29-19-22)30-24(20-10-6-4-7-11-20)21-12-8-5-9-13-21/h4-13,18-19H,14-17H2,1-3H3. The number of rotatable bonds is 4. The van der Waals surface area contributed by atoms with Gasteiger partial charge in [-0.25, -0.2) is 19.2 Å². The van der Waals surface area contributed by atoms with Crippen molar-refractivity contribution in [2.45, 2.75) is 26.4 Å². The highest BCUT2D eigenvalue weighted by Crippen LogP contribution is 2.25. The molecule has 0 bridgehead atoms. The molecule has 1 aliphatic heterocycles. The summed E-state index contributed by atoms with van der Waals surface area (Å²) < 4.78 is 20.6. The number of hydrogen-bond donors (Lipinski definition) is 0. The molecular weight excluding hydrogens is 431 g/mol. The van der Waals surface area contributed by atoms with Crippen LogP contribution < -0.4 is 4.90 Å². The molecule has 2 heterocycles. The molecule has 34 heavy (non-hydrogen) atoms. The smallest absolute Gasteiger partial charge is 0.410 e. The molecular formula is C27H29FN4O2. The molecule has 1 aliphatic rings. The number of ether oxygens (including phenoxy) is 1. The predicted octanol–water partition coefficient (Wildman–Crippen LogP) is 5.45. The number of pyridine rings is 1. The van der Waals surface area contributed by atoms with Gasteiger partial charge in [0.1, 0.15) is 5.60 Å². The number of nitrogens with zero attached hydrogens (tertiary/aromatic N) is 4. The van der Waals surface area contributed by atoms with Crippen LogP contribution in [0.3, 0.4) is 0 Å². The Hall–Kier alpha value is -3.74. The minimum Gasteiger partial charge on any atom is -0.444 e. The largest absolute Gasteiger partial charge is 0.444 e. The highest BCUT2D eigenvalue weighted by atomic mass is 19.1. The number of benzene rings is 2. The Morgan fingerprint density at radius 1 is 0.941 bits per heavy atom. The second-order valence-corrected chi connectivity index (χ2v) is 9.15. The number of aromatic nitrogens is 1. The molecule has 7 heteroatoms. The van der Waals surface area contributed by atoms with Gasteiger partial charge in [0.25, 0.3) is 0 Å². The van der Waals surface area contributed by atoms with Crippen molar-refractivity contribution in [1.82, 2.24) is 9.88 Å². The first-order valence-electron chi connectivity index (χ1n) is 11.4. The molecule has 0 atom stereocenters. The fourth-order valence-corrected chi connectivity index (χ4v) is 3.74. The van der Waals surface area contributed by atoms with Crippen LogP contribution in [0.2, 0.25) is 0 Å². The summed E-state index contributed by atoms with van der Waals surface area (Å²) in [4.78, 5) is 24.9. The van der Waals surface area contributed by atoms with Gasteiger partial charge in [-0.2, -0.15) is 0 Å². The SMILES string of the molecule is CC(C)(C)OC(=O)N1CCN(c2cnc(N=C(c3ccccc3)c3ccccc3)c(F)c2)CC1. The summed E-state index contributed by atoms with van der Waals surface area (Å²) in [5.74, 6) is -0.449. The first-order chi connectivity index (χ1) is 16.3. The van der Waals surface area contributed by atoms with Crippen molar-refractivity contribution >= 4 is 23.3 Å². The predicted molar refractivity (Wildman–Crippen MR) is 132 cm³/mol. The van der Waals surface area contributed by atoms with Crippen LogP contribution in [0, 0.1) is 5.82 Å². The maximum Gasteiger partial charge on any atom is 0.410 e. The van der Waals surface area contributed by atoms with Gasteiger partial charge in [0.15, 0.2) is 11.6 Å². The second kappa shape index (κ2) is 10.0. The van der Waals surface area contributed by atoms with Crippen molar-refractivity contribution in [3.63, 3.8) is 0 Å². The molecule has 0 saturated carbocycles. The third kappa shape index (κ3) is 5.78. The number of hydrogen-bond acceptors (Lipinski definition) is 5. The van der Waals surface area contributed by atoms with Crippen molar-refractivity contribution in [2.75, 3.05) is 31.1 Å². The Balaban J connectivity index is 1.52. The Morgan fingerprint density at radius 3 is 2.00 bits per heavy atom. The number of carbonyl (C=O) groups excluding carboxylic acids is 1. The fourth-order valence-electron chi connectivity index (χ4n) is 3.74. The van der Waals surface area contributed by atoms with Crippen molar-refractivity contribution in [2.24, 2.45) is 4.99 Å². The molecule has 6 nitrogen and oxygen atoms in total. The Labute approximate surface area is 199 Å². The minimum atomic E-state index is -0.532. The van der Waals surface area contributed by atoms with Crippen LogP contribution in [-0.2, 0) is 4.74 Å². The van der Waals surface area contributed by atoms with Crippen LogP contribution in [-0.4, -0.2) is 53.5 Å². The van der Waals surface area contributed by atoms with Crippen LogP contribution in [0.25, 0.3) is 0 Å². The number of aliphatic imine (C=N–C) groups is 1. The molecule has 1 saturated heterocycles. The first-order valence-corrected chi connectivity index (χ1v) is 11.4. The summed E-state index contributed by atoms with van der Waals surface area (Å²) in [6.07, 6.45) is 1.31. The van der Waals surface area contributed by atoms with Gasteiger partial charge in [0, 0.05) is 43.4 Å².